The largest absolute Gasteiger partial charge is 0.348 e. The summed E-state index contributed by atoms with van der Waals surface area (Å²) in [7, 11) is 0. The molecular formula is C15H14N4S. The molecule has 0 aliphatic rings. The van der Waals surface area contributed by atoms with Crippen molar-refractivity contribution in [1.82, 2.24) is 15.0 Å². The number of hydrogen-bond donors (Lipinski definition) is 1. The van der Waals surface area contributed by atoms with Gasteiger partial charge in [0.2, 0.25) is 5.95 Å². The third kappa shape index (κ3) is 2.83. The average Bonchev–Trinajstić information content (AvgIpc) is 3.03. The van der Waals surface area contributed by atoms with Crippen LogP contribution in [0.3, 0.4) is 0 Å². The lowest BCUT2D eigenvalue weighted by Crippen LogP contribution is -2.09. The lowest BCUT2D eigenvalue weighted by Gasteiger charge is -2.13. The Morgan fingerprint density at radius 3 is 2.90 bits per heavy atom. The van der Waals surface area contributed by atoms with Gasteiger partial charge in [-0.05, 0) is 36.1 Å². The van der Waals surface area contributed by atoms with E-state index in [4.69, 9.17) is 0 Å². The maximum absolute atomic E-state index is 4.54. The van der Waals surface area contributed by atoms with Gasteiger partial charge in [-0.3, -0.25) is 4.98 Å². The first-order valence-corrected chi connectivity index (χ1v) is 7.29. The van der Waals surface area contributed by atoms with Gasteiger partial charge in [-0.2, -0.15) is 11.3 Å². The Morgan fingerprint density at radius 1 is 1.20 bits per heavy atom. The topological polar surface area (TPSA) is 50.7 Å². The monoisotopic (exact) mass is 282 g/mol. The number of nitrogens with zero attached hydrogens (tertiary/aromatic N) is 3. The predicted molar refractivity (Wildman–Crippen MR) is 81.6 cm³/mol. The fraction of sp³-hybridized carbons (Fsp3) is 0.133. The molecular weight excluding hydrogens is 268 g/mol. The molecule has 0 spiro atoms. The van der Waals surface area contributed by atoms with E-state index < -0.39 is 0 Å². The molecule has 20 heavy (non-hydrogen) atoms. The molecule has 0 fully saturated rings. The molecule has 0 bridgehead atoms. The van der Waals surface area contributed by atoms with Crippen LogP contribution in [0.15, 0.2) is 53.6 Å². The van der Waals surface area contributed by atoms with Crippen LogP contribution in [0.1, 0.15) is 18.5 Å². The molecule has 0 amide bonds. The molecule has 5 heteroatoms. The van der Waals surface area contributed by atoms with Gasteiger partial charge < -0.3 is 5.32 Å². The smallest absolute Gasteiger partial charge is 0.223 e. The summed E-state index contributed by atoms with van der Waals surface area (Å²) in [6.45, 7) is 2.07. The van der Waals surface area contributed by atoms with Crippen molar-refractivity contribution in [2.45, 2.75) is 13.0 Å². The lowest BCUT2D eigenvalue weighted by atomic mass is 10.1. The van der Waals surface area contributed by atoms with E-state index in [9.17, 15) is 0 Å². The number of nitrogens with one attached hydrogen (secondary N) is 1. The minimum absolute atomic E-state index is 0.112. The number of anilines is 1. The van der Waals surface area contributed by atoms with Gasteiger partial charge >= 0.3 is 0 Å². The maximum atomic E-state index is 4.54. The van der Waals surface area contributed by atoms with Crippen LogP contribution in [0.4, 0.5) is 5.95 Å². The van der Waals surface area contributed by atoms with Crippen LogP contribution in [0.5, 0.6) is 0 Å². The van der Waals surface area contributed by atoms with Crippen molar-refractivity contribution in [3.05, 3.63) is 59.2 Å². The number of aromatic nitrogens is 3. The quantitative estimate of drug-likeness (QED) is 0.791. The highest BCUT2D eigenvalue weighted by atomic mass is 32.1. The normalized spacial score (nSPS) is 12.1. The van der Waals surface area contributed by atoms with Gasteiger partial charge in [-0.1, -0.05) is 6.07 Å². The summed E-state index contributed by atoms with van der Waals surface area (Å²) in [5, 5.41) is 7.43. The Bertz CT molecular complexity index is 667. The molecule has 3 heterocycles. The fourth-order valence-corrected chi connectivity index (χ4v) is 2.56. The Morgan fingerprint density at radius 2 is 2.15 bits per heavy atom. The second-order valence-electron chi connectivity index (χ2n) is 4.43. The molecule has 1 N–H and O–H groups in total. The third-order valence-corrected chi connectivity index (χ3v) is 3.69. The summed E-state index contributed by atoms with van der Waals surface area (Å²) in [4.78, 5) is 12.9. The van der Waals surface area contributed by atoms with E-state index in [1.807, 2.05) is 29.8 Å². The molecule has 3 rings (SSSR count). The summed E-state index contributed by atoms with van der Waals surface area (Å²) in [5.74, 6) is 0.630. The summed E-state index contributed by atoms with van der Waals surface area (Å²) in [6.07, 6.45) is 5.39. The van der Waals surface area contributed by atoms with Gasteiger partial charge in [-0.15, -0.1) is 0 Å². The van der Waals surface area contributed by atoms with Crippen molar-refractivity contribution in [1.29, 1.82) is 0 Å². The second-order valence-corrected chi connectivity index (χ2v) is 5.21. The highest BCUT2D eigenvalue weighted by Gasteiger charge is 2.08. The molecule has 0 aliphatic carbocycles. The van der Waals surface area contributed by atoms with Crippen LogP contribution in [-0.4, -0.2) is 15.0 Å². The molecule has 0 radical (unpaired) electrons. The van der Waals surface area contributed by atoms with E-state index >= 15 is 0 Å². The molecule has 3 aromatic rings. The van der Waals surface area contributed by atoms with Gasteiger partial charge in [0.1, 0.15) is 0 Å². The zero-order chi connectivity index (χ0) is 13.8. The van der Waals surface area contributed by atoms with E-state index in [1.165, 1.54) is 0 Å². The second kappa shape index (κ2) is 5.79. The fourth-order valence-electron chi connectivity index (χ4n) is 1.91. The zero-order valence-electron chi connectivity index (χ0n) is 11.0. The van der Waals surface area contributed by atoms with Crippen molar-refractivity contribution in [2.24, 2.45) is 0 Å². The SMILES string of the molecule is CC(Nc1nccc(-c2ccsc2)n1)c1cccnc1. The van der Waals surface area contributed by atoms with Crippen molar-refractivity contribution >= 4 is 17.3 Å². The van der Waals surface area contributed by atoms with Crippen molar-refractivity contribution in [3.8, 4) is 11.3 Å². The Balaban J connectivity index is 1.80. The molecule has 1 unspecified atom stereocenters. The van der Waals surface area contributed by atoms with Crippen LogP contribution in [0, 0.1) is 0 Å². The first kappa shape index (κ1) is 12.7. The summed E-state index contributed by atoms with van der Waals surface area (Å²) >= 11 is 1.66. The van der Waals surface area contributed by atoms with E-state index in [1.54, 1.807) is 23.7 Å². The minimum Gasteiger partial charge on any atom is -0.348 e. The molecule has 0 saturated carbocycles. The van der Waals surface area contributed by atoms with Crippen LogP contribution in [-0.2, 0) is 0 Å². The Hall–Kier alpha value is -2.27. The Labute approximate surface area is 121 Å². The molecule has 0 saturated heterocycles. The molecule has 3 aromatic heterocycles. The Kier molecular flexibility index (Phi) is 3.69. The predicted octanol–water partition coefficient (Wildman–Crippen LogP) is 3.77. The molecule has 0 aromatic carbocycles. The maximum Gasteiger partial charge on any atom is 0.223 e. The first-order valence-electron chi connectivity index (χ1n) is 6.35. The van der Waals surface area contributed by atoms with E-state index in [2.05, 4.69) is 38.6 Å². The van der Waals surface area contributed by atoms with Crippen LogP contribution < -0.4 is 5.32 Å². The van der Waals surface area contributed by atoms with Crippen molar-refractivity contribution in [2.75, 3.05) is 5.32 Å². The van der Waals surface area contributed by atoms with Crippen LogP contribution in [0.2, 0.25) is 0 Å². The van der Waals surface area contributed by atoms with Gasteiger partial charge in [0.15, 0.2) is 0 Å². The highest BCUT2D eigenvalue weighted by molar-refractivity contribution is 7.08. The number of pyridine rings is 1. The van der Waals surface area contributed by atoms with Gasteiger partial charge in [0, 0.05) is 29.5 Å². The molecule has 100 valence electrons. The number of hydrogen-bond acceptors (Lipinski definition) is 5. The number of thiophene rings is 1. The molecule has 1 atom stereocenters. The van der Waals surface area contributed by atoms with Gasteiger partial charge in [0.25, 0.3) is 0 Å². The lowest BCUT2D eigenvalue weighted by molar-refractivity contribution is 0.854. The first-order chi connectivity index (χ1) is 9.83. The van der Waals surface area contributed by atoms with Crippen LogP contribution >= 0.6 is 11.3 Å². The van der Waals surface area contributed by atoms with E-state index in [0.29, 0.717) is 5.95 Å². The standard InChI is InChI=1S/C15H14N4S/c1-11(12-3-2-6-16-9-12)18-15-17-7-4-14(19-15)13-5-8-20-10-13/h2-11H,1H3,(H,17,18,19). The van der Waals surface area contributed by atoms with Gasteiger partial charge in [0.05, 0.1) is 11.7 Å². The molecule has 0 aliphatic heterocycles. The third-order valence-electron chi connectivity index (χ3n) is 3.00. The van der Waals surface area contributed by atoms with Crippen LogP contribution in [0.25, 0.3) is 11.3 Å². The van der Waals surface area contributed by atoms with Crippen molar-refractivity contribution < 1.29 is 0 Å². The summed E-state index contributed by atoms with van der Waals surface area (Å²) in [6, 6.07) is 8.05. The summed E-state index contributed by atoms with van der Waals surface area (Å²) < 4.78 is 0. The highest BCUT2D eigenvalue weighted by Crippen LogP contribution is 2.22. The molecule has 4 nitrogen and oxygen atoms in total. The van der Waals surface area contributed by atoms with E-state index in [0.717, 1.165) is 16.8 Å². The summed E-state index contributed by atoms with van der Waals surface area (Å²) in [5.41, 5.74) is 3.16. The van der Waals surface area contributed by atoms with Crippen molar-refractivity contribution in [3.63, 3.8) is 0 Å². The minimum atomic E-state index is 0.112. The number of rotatable bonds is 4. The zero-order valence-corrected chi connectivity index (χ0v) is 11.8. The average molecular weight is 282 g/mol. The van der Waals surface area contributed by atoms with Gasteiger partial charge in [-0.25, -0.2) is 9.97 Å². The van der Waals surface area contributed by atoms with E-state index in [-0.39, 0.29) is 6.04 Å².